The molecule has 0 bridgehead atoms. The number of halogens is 2. The maximum absolute atomic E-state index is 12.1. The zero-order valence-electron chi connectivity index (χ0n) is 12.6. The normalized spacial score (nSPS) is 22.0. The highest BCUT2D eigenvalue weighted by Gasteiger charge is 2.50. The van der Waals surface area contributed by atoms with E-state index < -0.39 is 5.60 Å². The van der Waals surface area contributed by atoms with E-state index in [2.05, 4.69) is 0 Å². The minimum absolute atomic E-state index is 0.0395. The zero-order valence-corrected chi connectivity index (χ0v) is 14.1. The van der Waals surface area contributed by atoms with E-state index in [0.717, 1.165) is 12.8 Å². The maximum atomic E-state index is 12.1. The third-order valence-corrected chi connectivity index (χ3v) is 5.61. The van der Waals surface area contributed by atoms with Gasteiger partial charge in [-0.1, -0.05) is 23.2 Å². The van der Waals surface area contributed by atoms with Gasteiger partial charge >= 0.3 is 0 Å². The lowest BCUT2D eigenvalue weighted by atomic mass is 9.85. The summed E-state index contributed by atoms with van der Waals surface area (Å²) < 4.78 is 0. The molecule has 1 aromatic carbocycles. The van der Waals surface area contributed by atoms with Crippen molar-refractivity contribution < 1.29 is 15.0 Å². The Morgan fingerprint density at radius 1 is 1.26 bits per heavy atom. The standard InChI is InChI=1S/C16H20Cl2N2O3/c17-11-7-10(13(21)8-12(11)18)14(19)9-1-5-20(6-2-9)15(22)16(23)3-4-16/h7-9,14,21,23H,1-6,19H2/t14-/m1/s1. The number of amides is 1. The topological polar surface area (TPSA) is 86.8 Å². The molecule has 1 aliphatic heterocycles. The molecule has 5 nitrogen and oxygen atoms in total. The number of rotatable bonds is 3. The fourth-order valence-corrected chi connectivity index (χ4v) is 3.49. The number of carbonyl (C=O) groups excluding carboxylic acids is 1. The molecule has 1 atom stereocenters. The monoisotopic (exact) mass is 358 g/mol. The van der Waals surface area contributed by atoms with Gasteiger partial charge in [-0.15, -0.1) is 0 Å². The highest BCUT2D eigenvalue weighted by molar-refractivity contribution is 6.42. The Balaban J connectivity index is 1.65. The second-order valence-corrected chi connectivity index (χ2v) is 7.33. The van der Waals surface area contributed by atoms with Crippen molar-refractivity contribution in [3.05, 3.63) is 27.7 Å². The van der Waals surface area contributed by atoms with Gasteiger partial charge in [0.15, 0.2) is 0 Å². The van der Waals surface area contributed by atoms with Crippen LogP contribution in [-0.4, -0.2) is 39.7 Å². The third-order valence-electron chi connectivity index (χ3n) is 4.89. The Morgan fingerprint density at radius 2 is 1.83 bits per heavy atom. The number of nitrogens with zero attached hydrogens (tertiary/aromatic N) is 1. The van der Waals surface area contributed by atoms with E-state index >= 15 is 0 Å². The second kappa shape index (κ2) is 6.13. The number of aliphatic hydroxyl groups is 1. The van der Waals surface area contributed by atoms with Crippen LogP contribution in [-0.2, 0) is 4.79 Å². The van der Waals surface area contributed by atoms with E-state index in [-0.39, 0.29) is 23.6 Å². The molecule has 2 fully saturated rings. The average Bonchev–Trinajstić information content (AvgIpc) is 3.29. The van der Waals surface area contributed by atoms with Crippen LogP contribution in [0.4, 0.5) is 0 Å². The molecule has 1 saturated carbocycles. The van der Waals surface area contributed by atoms with Crippen LogP contribution in [0.5, 0.6) is 5.75 Å². The summed E-state index contributed by atoms with van der Waals surface area (Å²) in [4.78, 5) is 13.9. The highest BCUT2D eigenvalue weighted by Crippen LogP contribution is 2.40. The van der Waals surface area contributed by atoms with Crippen molar-refractivity contribution in [2.24, 2.45) is 11.7 Å². The molecule has 1 amide bonds. The highest BCUT2D eigenvalue weighted by atomic mass is 35.5. The Bertz CT molecular complexity index is 626. The molecule has 0 aromatic heterocycles. The molecular weight excluding hydrogens is 339 g/mol. The Hall–Kier alpha value is -1.01. The molecule has 3 rings (SSSR count). The van der Waals surface area contributed by atoms with E-state index in [0.29, 0.717) is 41.5 Å². The number of piperidine rings is 1. The lowest BCUT2D eigenvalue weighted by Crippen LogP contribution is -2.46. The van der Waals surface area contributed by atoms with Crippen LogP contribution in [0.2, 0.25) is 10.0 Å². The van der Waals surface area contributed by atoms with Gasteiger partial charge in [0.2, 0.25) is 0 Å². The first-order valence-electron chi connectivity index (χ1n) is 7.77. The number of carbonyl (C=O) groups is 1. The maximum Gasteiger partial charge on any atom is 0.254 e. The summed E-state index contributed by atoms with van der Waals surface area (Å²) in [5.74, 6) is 0.00985. The van der Waals surface area contributed by atoms with Crippen molar-refractivity contribution in [2.75, 3.05) is 13.1 Å². The number of nitrogens with two attached hydrogens (primary N) is 1. The van der Waals surface area contributed by atoms with Gasteiger partial charge in [-0.2, -0.15) is 0 Å². The van der Waals surface area contributed by atoms with Gasteiger partial charge in [0.05, 0.1) is 10.0 Å². The summed E-state index contributed by atoms with van der Waals surface area (Å²) >= 11 is 11.9. The van der Waals surface area contributed by atoms with Crippen LogP contribution in [0.25, 0.3) is 0 Å². The van der Waals surface area contributed by atoms with Crippen molar-refractivity contribution in [1.29, 1.82) is 0 Å². The largest absolute Gasteiger partial charge is 0.508 e. The Morgan fingerprint density at radius 3 is 2.39 bits per heavy atom. The number of aromatic hydroxyl groups is 1. The predicted octanol–water partition coefficient (Wildman–Crippen LogP) is 2.46. The van der Waals surface area contributed by atoms with Gasteiger partial charge in [0.1, 0.15) is 11.4 Å². The van der Waals surface area contributed by atoms with E-state index in [1.54, 1.807) is 11.0 Å². The van der Waals surface area contributed by atoms with Gasteiger partial charge in [0, 0.05) is 30.8 Å². The molecule has 1 aromatic rings. The molecular formula is C16H20Cl2N2O3. The molecule has 2 aliphatic rings. The van der Waals surface area contributed by atoms with Crippen molar-refractivity contribution >= 4 is 29.1 Å². The first kappa shape index (κ1) is 16.8. The van der Waals surface area contributed by atoms with E-state index in [1.807, 2.05) is 0 Å². The average molecular weight is 359 g/mol. The quantitative estimate of drug-likeness (QED) is 0.774. The van der Waals surface area contributed by atoms with E-state index in [4.69, 9.17) is 28.9 Å². The summed E-state index contributed by atoms with van der Waals surface area (Å²) in [7, 11) is 0. The van der Waals surface area contributed by atoms with Gasteiger partial charge in [-0.3, -0.25) is 4.79 Å². The molecule has 1 heterocycles. The lowest BCUT2D eigenvalue weighted by molar-refractivity contribution is -0.144. The van der Waals surface area contributed by atoms with Gasteiger partial charge in [-0.25, -0.2) is 0 Å². The Kier molecular flexibility index (Phi) is 4.49. The van der Waals surface area contributed by atoms with Crippen LogP contribution >= 0.6 is 23.2 Å². The molecule has 0 spiro atoms. The first-order valence-corrected chi connectivity index (χ1v) is 8.52. The molecule has 126 valence electrons. The number of benzene rings is 1. The van der Waals surface area contributed by atoms with Crippen molar-refractivity contribution in [3.63, 3.8) is 0 Å². The molecule has 4 N–H and O–H groups in total. The fourth-order valence-electron chi connectivity index (χ4n) is 3.16. The van der Waals surface area contributed by atoms with E-state index in [9.17, 15) is 15.0 Å². The molecule has 0 radical (unpaired) electrons. The summed E-state index contributed by atoms with van der Waals surface area (Å²) in [6.07, 6.45) is 2.57. The summed E-state index contributed by atoms with van der Waals surface area (Å²) in [5, 5.41) is 20.6. The molecule has 0 unspecified atom stereocenters. The zero-order chi connectivity index (χ0) is 16.8. The molecule has 1 aliphatic carbocycles. The van der Waals surface area contributed by atoms with Gasteiger partial charge in [-0.05, 0) is 37.7 Å². The number of likely N-dealkylation sites (tertiary alicyclic amines) is 1. The van der Waals surface area contributed by atoms with Crippen LogP contribution in [0.15, 0.2) is 12.1 Å². The predicted molar refractivity (Wildman–Crippen MR) is 88.5 cm³/mol. The van der Waals surface area contributed by atoms with Crippen LogP contribution in [0, 0.1) is 5.92 Å². The molecule has 1 saturated heterocycles. The minimum Gasteiger partial charge on any atom is -0.508 e. The first-order chi connectivity index (χ1) is 10.8. The second-order valence-electron chi connectivity index (χ2n) is 6.51. The van der Waals surface area contributed by atoms with E-state index in [1.165, 1.54) is 6.07 Å². The number of phenols is 1. The smallest absolute Gasteiger partial charge is 0.254 e. The van der Waals surface area contributed by atoms with Crippen molar-refractivity contribution in [3.8, 4) is 5.75 Å². The number of phenolic OH excluding ortho intramolecular Hbond substituents is 1. The van der Waals surface area contributed by atoms with Gasteiger partial charge < -0.3 is 20.8 Å². The SMILES string of the molecule is N[C@@H](c1cc(Cl)c(Cl)cc1O)C1CCN(C(=O)C2(O)CC2)CC1. The van der Waals surface area contributed by atoms with Crippen LogP contribution in [0.3, 0.4) is 0 Å². The number of hydrogen-bond donors (Lipinski definition) is 3. The van der Waals surface area contributed by atoms with Crippen molar-refractivity contribution in [2.45, 2.75) is 37.3 Å². The van der Waals surface area contributed by atoms with Crippen LogP contribution < -0.4 is 5.73 Å². The summed E-state index contributed by atoms with van der Waals surface area (Å²) in [6, 6.07) is 2.64. The lowest BCUT2D eigenvalue weighted by Gasteiger charge is -2.36. The summed E-state index contributed by atoms with van der Waals surface area (Å²) in [6.45, 7) is 1.14. The number of hydrogen-bond acceptors (Lipinski definition) is 4. The minimum atomic E-state index is -1.11. The van der Waals surface area contributed by atoms with Gasteiger partial charge in [0.25, 0.3) is 5.91 Å². The summed E-state index contributed by atoms with van der Waals surface area (Å²) in [5.41, 5.74) is 5.75. The third kappa shape index (κ3) is 3.29. The Labute approximate surface area is 145 Å². The molecule has 7 heteroatoms. The molecule has 23 heavy (non-hydrogen) atoms. The van der Waals surface area contributed by atoms with Crippen LogP contribution in [0.1, 0.15) is 37.3 Å². The fraction of sp³-hybridized carbons (Fsp3) is 0.562. The van der Waals surface area contributed by atoms with Crippen molar-refractivity contribution in [1.82, 2.24) is 4.90 Å².